The van der Waals surface area contributed by atoms with Crippen molar-refractivity contribution in [2.75, 3.05) is 23.8 Å². The van der Waals surface area contributed by atoms with Crippen molar-refractivity contribution in [2.45, 2.75) is 33.2 Å². The van der Waals surface area contributed by atoms with Crippen molar-refractivity contribution in [3.05, 3.63) is 23.8 Å². The molecule has 0 aromatic heterocycles. The second kappa shape index (κ2) is 7.39. The van der Waals surface area contributed by atoms with E-state index in [1.807, 2.05) is 18.7 Å². The number of nitrogens with zero attached hydrogens (tertiary/aromatic N) is 2. The van der Waals surface area contributed by atoms with Crippen LogP contribution in [0.2, 0.25) is 0 Å². The maximum absolute atomic E-state index is 11.8. The van der Waals surface area contributed by atoms with Gasteiger partial charge in [0.1, 0.15) is 0 Å². The van der Waals surface area contributed by atoms with Crippen LogP contribution in [0, 0.1) is 11.3 Å². The second-order valence-corrected chi connectivity index (χ2v) is 4.69. The maximum Gasteiger partial charge on any atom is 0.338 e. The minimum Gasteiger partial charge on any atom is -0.462 e. The van der Waals surface area contributed by atoms with E-state index < -0.39 is 0 Å². The van der Waals surface area contributed by atoms with E-state index in [0.717, 1.165) is 5.69 Å². The highest BCUT2D eigenvalue weighted by Gasteiger charge is 2.16. The highest BCUT2D eigenvalue weighted by Crippen LogP contribution is 2.27. The molecule has 0 unspecified atom stereocenters. The smallest absolute Gasteiger partial charge is 0.338 e. The average molecular weight is 275 g/mol. The van der Waals surface area contributed by atoms with Crippen molar-refractivity contribution in [3.63, 3.8) is 0 Å². The van der Waals surface area contributed by atoms with Crippen LogP contribution in [-0.2, 0) is 4.74 Å². The predicted molar refractivity (Wildman–Crippen MR) is 79.5 cm³/mol. The summed E-state index contributed by atoms with van der Waals surface area (Å²) >= 11 is 0. The van der Waals surface area contributed by atoms with Crippen LogP contribution < -0.4 is 10.6 Å². The lowest BCUT2D eigenvalue weighted by atomic mass is 10.1. The molecule has 1 rings (SSSR count). The van der Waals surface area contributed by atoms with Crippen molar-refractivity contribution < 1.29 is 9.53 Å². The van der Waals surface area contributed by atoms with Gasteiger partial charge in [-0.1, -0.05) is 0 Å². The van der Waals surface area contributed by atoms with Gasteiger partial charge >= 0.3 is 5.97 Å². The summed E-state index contributed by atoms with van der Waals surface area (Å²) in [5.74, 6) is -0.363. The number of rotatable bonds is 6. The van der Waals surface area contributed by atoms with Gasteiger partial charge in [-0.15, -0.1) is 0 Å². The molecule has 1 aromatic carbocycles. The summed E-state index contributed by atoms with van der Waals surface area (Å²) in [6.45, 7) is 6.72. The van der Waals surface area contributed by atoms with Gasteiger partial charge in [0.15, 0.2) is 0 Å². The normalized spacial score (nSPS) is 10.2. The fourth-order valence-electron chi connectivity index (χ4n) is 1.96. The van der Waals surface area contributed by atoms with Crippen LogP contribution in [0.5, 0.6) is 0 Å². The van der Waals surface area contributed by atoms with E-state index in [-0.39, 0.29) is 12.0 Å². The number of nitrogen functional groups attached to an aromatic ring is 1. The van der Waals surface area contributed by atoms with Gasteiger partial charge in [-0.3, -0.25) is 0 Å². The van der Waals surface area contributed by atoms with Gasteiger partial charge in [-0.25, -0.2) is 4.79 Å². The van der Waals surface area contributed by atoms with Crippen molar-refractivity contribution in [1.82, 2.24) is 0 Å². The standard InChI is InChI=1S/C15H21N3O2/c1-4-20-15(19)12-6-7-13(17)14(10-12)18(11(2)3)9-5-8-16/h6-7,10-11H,4-5,9,17H2,1-3H3. The lowest BCUT2D eigenvalue weighted by Crippen LogP contribution is -2.32. The minimum absolute atomic E-state index is 0.183. The molecule has 2 N–H and O–H groups in total. The molecular weight excluding hydrogens is 254 g/mol. The molecule has 0 aliphatic heterocycles. The molecule has 0 saturated carbocycles. The number of nitrogens with two attached hydrogens (primary N) is 1. The molecule has 0 spiro atoms. The first-order valence-corrected chi connectivity index (χ1v) is 6.71. The first-order valence-electron chi connectivity index (χ1n) is 6.71. The summed E-state index contributed by atoms with van der Waals surface area (Å²) in [5, 5.41) is 8.74. The Morgan fingerprint density at radius 2 is 2.20 bits per heavy atom. The zero-order valence-corrected chi connectivity index (χ0v) is 12.2. The highest BCUT2D eigenvalue weighted by molar-refractivity contribution is 5.92. The number of hydrogen-bond donors (Lipinski definition) is 1. The van der Waals surface area contributed by atoms with Crippen LogP contribution in [0.3, 0.4) is 0 Å². The summed E-state index contributed by atoms with van der Waals surface area (Å²) in [6, 6.07) is 7.39. The van der Waals surface area contributed by atoms with Crippen molar-refractivity contribution in [3.8, 4) is 6.07 Å². The first-order chi connectivity index (χ1) is 9.51. The van der Waals surface area contributed by atoms with Crippen LogP contribution in [0.4, 0.5) is 11.4 Å². The van der Waals surface area contributed by atoms with Gasteiger partial charge in [0, 0.05) is 12.6 Å². The topological polar surface area (TPSA) is 79.3 Å². The Morgan fingerprint density at radius 3 is 2.75 bits per heavy atom. The van der Waals surface area contributed by atoms with E-state index in [1.54, 1.807) is 25.1 Å². The molecule has 0 radical (unpaired) electrons. The summed E-state index contributed by atoms with van der Waals surface area (Å²) in [5.41, 5.74) is 7.82. The quantitative estimate of drug-likeness (QED) is 0.637. The molecule has 0 bridgehead atoms. The van der Waals surface area contributed by atoms with Crippen LogP contribution >= 0.6 is 0 Å². The molecule has 20 heavy (non-hydrogen) atoms. The van der Waals surface area contributed by atoms with E-state index in [2.05, 4.69) is 6.07 Å². The predicted octanol–water partition coefficient (Wildman–Crippen LogP) is 2.57. The molecule has 0 atom stereocenters. The third-order valence-corrected chi connectivity index (χ3v) is 2.94. The Hall–Kier alpha value is -2.22. The van der Waals surface area contributed by atoms with E-state index >= 15 is 0 Å². The van der Waals surface area contributed by atoms with Gasteiger partial charge in [-0.05, 0) is 39.0 Å². The zero-order chi connectivity index (χ0) is 15.1. The monoisotopic (exact) mass is 275 g/mol. The van der Waals surface area contributed by atoms with E-state index in [1.165, 1.54) is 0 Å². The average Bonchev–Trinajstić information content (AvgIpc) is 2.41. The Labute approximate surface area is 119 Å². The fraction of sp³-hybridized carbons (Fsp3) is 0.467. The lowest BCUT2D eigenvalue weighted by Gasteiger charge is -2.29. The summed E-state index contributed by atoms with van der Waals surface area (Å²) < 4.78 is 4.99. The second-order valence-electron chi connectivity index (χ2n) is 4.69. The Balaban J connectivity index is 3.10. The largest absolute Gasteiger partial charge is 0.462 e. The molecule has 0 heterocycles. The lowest BCUT2D eigenvalue weighted by molar-refractivity contribution is 0.0526. The van der Waals surface area contributed by atoms with E-state index in [4.69, 9.17) is 15.7 Å². The number of ether oxygens (including phenoxy) is 1. The van der Waals surface area contributed by atoms with Crippen LogP contribution in [0.1, 0.15) is 37.6 Å². The summed E-state index contributed by atoms with van der Waals surface area (Å²) in [4.78, 5) is 13.8. The molecule has 5 nitrogen and oxygen atoms in total. The van der Waals surface area contributed by atoms with Gasteiger partial charge in [0.2, 0.25) is 0 Å². The molecule has 1 aromatic rings. The van der Waals surface area contributed by atoms with Crippen LogP contribution in [0.15, 0.2) is 18.2 Å². The van der Waals surface area contributed by atoms with Crippen molar-refractivity contribution in [2.24, 2.45) is 0 Å². The minimum atomic E-state index is -0.363. The first kappa shape index (κ1) is 15.8. The number of carbonyl (C=O) groups is 1. The third-order valence-electron chi connectivity index (χ3n) is 2.94. The van der Waals surface area contributed by atoms with Gasteiger partial charge in [0.05, 0.1) is 36.0 Å². The van der Waals surface area contributed by atoms with E-state index in [0.29, 0.717) is 30.8 Å². The number of hydrogen-bond acceptors (Lipinski definition) is 5. The Morgan fingerprint density at radius 1 is 1.50 bits per heavy atom. The van der Waals surface area contributed by atoms with Gasteiger partial charge in [-0.2, -0.15) is 5.26 Å². The Bertz CT molecular complexity index is 506. The molecular formula is C15H21N3O2. The molecule has 0 aliphatic carbocycles. The Kier molecular flexibility index (Phi) is 5.85. The van der Waals surface area contributed by atoms with E-state index in [9.17, 15) is 4.79 Å². The summed E-state index contributed by atoms with van der Waals surface area (Å²) in [7, 11) is 0. The van der Waals surface area contributed by atoms with Gasteiger partial charge in [0.25, 0.3) is 0 Å². The van der Waals surface area contributed by atoms with Crippen LogP contribution in [-0.4, -0.2) is 25.2 Å². The fourth-order valence-corrected chi connectivity index (χ4v) is 1.96. The number of benzene rings is 1. The molecule has 5 heteroatoms. The summed E-state index contributed by atoms with van der Waals surface area (Å²) in [6.07, 6.45) is 0.404. The number of esters is 1. The molecule has 0 amide bonds. The molecule has 108 valence electrons. The molecule has 0 fully saturated rings. The number of nitriles is 1. The van der Waals surface area contributed by atoms with Crippen molar-refractivity contribution in [1.29, 1.82) is 5.26 Å². The highest BCUT2D eigenvalue weighted by atomic mass is 16.5. The number of carbonyl (C=O) groups excluding carboxylic acids is 1. The molecule has 0 aliphatic rings. The molecule has 0 saturated heterocycles. The van der Waals surface area contributed by atoms with Gasteiger partial charge < -0.3 is 15.4 Å². The van der Waals surface area contributed by atoms with Crippen molar-refractivity contribution >= 4 is 17.3 Å². The van der Waals surface area contributed by atoms with Crippen LogP contribution in [0.25, 0.3) is 0 Å². The number of anilines is 2. The third kappa shape index (κ3) is 3.89. The zero-order valence-electron chi connectivity index (χ0n) is 12.2. The maximum atomic E-state index is 11.8. The SMILES string of the molecule is CCOC(=O)c1ccc(N)c(N(CCC#N)C(C)C)c1.